The summed E-state index contributed by atoms with van der Waals surface area (Å²) in [7, 11) is -3.42. The van der Waals surface area contributed by atoms with E-state index >= 15 is 0 Å². The Labute approximate surface area is 111 Å². The number of rotatable bonds is 3. The minimum Gasteiger partial charge on any atom is -0.456 e. The molecule has 1 aliphatic rings. The molecule has 6 nitrogen and oxygen atoms in total. The summed E-state index contributed by atoms with van der Waals surface area (Å²) in [6.45, 7) is 0.927. The van der Waals surface area contributed by atoms with Gasteiger partial charge in [0.25, 0.3) is 0 Å². The highest BCUT2D eigenvalue weighted by atomic mass is 32.2. The van der Waals surface area contributed by atoms with Crippen molar-refractivity contribution >= 4 is 21.5 Å². The SMILES string of the molecule is CS(=O)(=O)c1cc(N)cc(C(=O)OC2CCOC2)c1. The molecular formula is C12H15NO5S. The number of benzene rings is 1. The van der Waals surface area contributed by atoms with Crippen LogP contribution in [0.1, 0.15) is 16.8 Å². The van der Waals surface area contributed by atoms with Crippen LogP contribution in [0.15, 0.2) is 23.1 Å². The van der Waals surface area contributed by atoms with Crippen LogP contribution in [0.2, 0.25) is 0 Å². The fraction of sp³-hybridized carbons (Fsp3) is 0.417. The molecule has 1 saturated heterocycles. The first-order valence-corrected chi connectivity index (χ1v) is 7.65. The van der Waals surface area contributed by atoms with E-state index in [2.05, 4.69) is 0 Å². The average molecular weight is 285 g/mol. The second-order valence-corrected chi connectivity index (χ2v) is 6.47. The van der Waals surface area contributed by atoms with Gasteiger partial charge in [-0.15, -0.1) is 0 Å². The molecular weight excluding hydrogens is 270 g/mol. The second kappa shape index (κ2) is 5.18. The number of anilines is 1. The van der Waals surface area contributed by atoms with Crippen molar-refractivity contribution in [1.29, 1.82) is 0 Å². The molecule has 1 aliphatic heterocycles. The Hall–Kier alpha value is -1.60. The fourth-order valence-electron chi connectivity index (χ4n) is 1.78. The van der Waals surface area contributed by atoms with Crippen molar-refractivity contribution in [3.05, 3.63) is 23.8 Å². The molecule has 0 amide bonds. The van der Waals surface area contributed by atoms with E-state index < -0.39 is 15.8 Å². The predicted molar refractivity (Wildman–Crippen MR) is 68.6 cm³/mol. The normalized spacial score (nSPS) is 19.3. The van der Waals surface area contributed by atoms with Crippen molar-refractivity contribution < 1.29 is 22.7 Å². The van der Waals surface area contributed by atoms with Gasteiger partial charge < -0.3 is 15.2 Å². The van der Waals surface area contributed by atoms with Crippen LogP contribution in [0.5, 0.6) is 0 Å². The van der Waals surface area contributed by atoms with Crippen molar-refractivity contribution in [3.8, 4) is 0 Å². The Morgan fingerprint density at radius 2 is 2.16 bits per heavy atom. The maximum Gasteiger partial charge on any atom is 0.338 e. The molecule has 1 aromatic carbocycles. The molecule has 2 rings (SSSR count). The highest BCUT2D eigenvalue weighted by molar-refractivity contribution is 7.90. The Bertz CT molecular complexity index is 590. The molecule has 7 heteroatoms. The summed E-state index contributed by atoms with van der Waals surface area (Å²) in [6, 6.07) is 3.97. The lowest BCUT2D eigenvalue weighted by molar-refractivity contribution is 0.0270. The number of nitrogen functional groups attached to an aromatic ring is 1. The van der Waals surface area contributed by atoms with E-state index in [-0.39, 0.29) is 22.3 Å². The number of ether oxygens (including phenoxy) is 2. The quantitative estimate of drug-likeness (QED) is 0.646. The molecule has 1 heterocycles. The van der Waals surface area contributed by atoms with Gasteiger partial charge in [0.15, 0.2) is 9.84 Å². The highest BCUT2D eigenvalue weighted by Gasteiger charge is 2.22. The Morgan fingerprint density at radius 3 is 2.74 bits per heavy atom. The number of esters is 1. The van der Waals surface area contributed by atoms with Crippen molar-refractivity contribution in [2.75, 3.05) is 25.2 Å². The lowest BCUT2D eigenvalue weighted by Crippen LogP contribution is -2.18. The first kappa shape index (κ1) is 13.8. The zero-order valence-electron chi connectivity index (χ0n) is 10.5. The largest absolute Gasteiger partial charge is 0.456 e. The van der Waals surface area contributed by atoms with Crippen LogP contribution in [0.25, 0.3) is 0 Å². The van der Waals surface area contributed by atoms with Gasteiger partial charge in [-0.2, -0.15) is 0 Å². The van der Waals surface area contributed by atoms with E-state index in [1.54, 1.807) is 0 Å². The average Bonchev–Trinajstić information content (AvgIpc) is 2.79. The molecule has 1 fully saturated rings. The summed E-state index contributed by atoms with van der Waals surface area (Å²) in [4.78, 5) is 11.9. The summed E-state index contributed by atoms with van der Waals surface area (Å²) in [6.07, 6.45) is 1.42. The number of carbonyl (C=O) groups excluding carboxylic acids is 1. The molecule has 0 aromatic heterocycles. The smallest absolute Gasteiger partial charge is 0.338 e. The van der Waals surface area contributed by atoms with E-state index in [4.69, 9.17) is 15.2 Å². The second-order valence-electron chi connectivity index (χ2n) is 4.45. The van der Waals surface area contributed by atoms with Crippen molar-refractivity contribution in [3.63, 3.8) is 0 Å². The third kappa shape index (κ3) is 3.45. The third-order valence-electron chi connectivity index (χ3n) is 2.75. The Morgan fingerprint density at radius 1 is 1.42 bits per heavy atom. The molecule has 0 radical (unpaired) electrons. The summed E-state index contributed by atoms with van der Waals surface area (Å²) in [5.41, 5.74) is 5.94. The zero-order valence-corrected chi connectivity index (χ0v) is 11.3. The first-order chi connectivity index (χ1) is 8.86. The van der Waals surface area contributed by atoms with Gasteiger partial charge in [0.05, 0.1) is 23.7 Å². The maximum absolute atomic E-state index is 11.9. The molecule has 0 saturated carbocycles. The summed E-state index contributed by atoms with van der Waals surface area (Å²) < 4.78 is 33.3. The van der Waals surface area contributed by atoms with Gasteiger partial charge in [0, 0.05) is 18.4 Å². The van der Waals surface area contributed by atoms with Gasteiger partial charge in [0.1, 0.15) is 6.10 Å². The van der Waals surface area contributed by atoms with E-state index in [9.17, 15) is 13.2 Å². The number of carbonyl (C=O) groups is 1. The van der Waals surface area contributed by atoms with Crippen LogP contribution in [-0.2, 0) is 19.3 Å². The summed E-state index contributed by atoms with van der Waals surface area (Å²) >= 11 is 0. The Kier molecular flexibility index (Phi) is 3.77. The third-order valence-corrected chi connectivity index (χ3v) is 3.85. The van der Waals surface area contributed by atoms with Gasteiger partial charge in [-0.1, -0.05) is 0 Å². The monoisotopic (exact) mass is 285 g/mol. The summed E-state index contributed by atoms with van der Waals surface area (Å²) in [5.74, 6) is -0.590. The Balaban J connectivity index is 2.24. The first-order valence-electron chi connectivity index (χ1n) is 5.75. The molecule has 0 spiro atoms. The molecule has 1 aromatic rings. The molecule has 104 valence electrons. The van der Waals surface area contributed by atoms with Crippen LogP contribution in [0.4, 0.5) is 5.69 Å². The van der Waals surface area contributed by atoms with E-state index in [0.29, 0.717) is 19.6 Å². The minimum atomic E-state index is -3.42. The lowest BCUT2D eigenvalue weighted by atomic mass is 10.2. The van der Waals surface area contributed by atoms with Crippen LogP contribution in [-0.4, -0.2) is 40.0 Å². The van der Waals surface area contributed by atoms with Crippen LogP contribution in [0, 0.1) is 0 Å². The number of hydrogen-bond donors (Lipinski definition) is 1. The molecule has 1 atom stereocenters. The molecule has 0 bridgehead atoms. The maximum atomic E-state index is 11.9. The van der Waals surface area contributed by atoms with Gasteiger partial charge in [-0.05, 0) is 18.2 Å². The van der Waals surface area contributed by atoms with E-state index in [1.807, 2.05) is 0 Å². The molecule has 19 heavy (non-hydrogen) atoms. The van der Waals surface area contributed by atoms with E-state index in [0.717, 1.165) is 6.26 Å². The van der Waals surface area contributed by atoms with Crippen LogP contribution >= 0.6 is 0 Å². The van der Waals surface area contributed by atoms with E-state index in [1.165, 1.54) is 18.2 Å². The standard InChI is InChI=1S/C12H15NO5S/c1-19(15,16)11-5-8(4-9(13)6-11)12(14)18-10-2-3-17-7-10/h4-6,10H,2-3,7,13H2,1H3. The predicted octanol–water partition coefficient (Wildman–Crippen LogP) is 0.618. The highest BCUT2D eigenvalue weighted by Crippen LogP contribution is 2.19. The topological polar surface area (TPSA) is 95.7 Å². The van der Waals surface area contributed by atoms with Crippen molar-refractivity contribution in [2.24, 2.45) is 0 Å². The fourth-order valence-corrected chi connectivity index (χ4v) is 2.47. The zero-order chi connectivity index (χ0) is 14.0. The molecule has 0 aliphatic carbocycles. The van der Waals surface area contributed by atoms with Crippen molar-refractivity contribution in [1.82, 2.24) is 0 Å². The number of nitrogens with two attached hydrogens (primary N) is 1. The van der Waals surface area contributed by atoms with Gasteiger partial charge in [0.2, 0.25) is 0 Å². The van der Waals surface area contributed by atoms with Gasteiger partial charge in [-0.3, -0.25) is 0 Å². The lowest BCUT2D eigenvalue weighted by Gasteiger charge is -2.11. The van der Waals surface area contributed by atoms with Crippen LogP contribution < -0.4 is 5.73 Å². The minimum absolute atomic E-state index is 0.00196. The van der Waals surface area contributed by atoms with Crippen LogP contribution in [0.3, 0.4) is 0 Å². The summed E-state index contributed by atoms with van der Waals surface area (Å²) in [5, 5.41) is 0. The number of sulfone groups is 1. The van der Waals surface area contributed by atoms with Crippen molar-refractivity contribution in [2.45, 2.75) is 17.4 Å². The number of hydrogen-bond acceptors (Lipinski definition) is 6. The molecule has 1 unspecified atom stereocenters. The van der Waals surface area contributed by atoms with Gasteiger partial charge >= 0.3 is 5.97 Å². The van der Waals surface area contributed by atoms with Gasteiger partial charge in [-0.25, -0.2) is 13.2 Å². The molecule has 2 N–H and O–H groups in total.